The molecule has 3 rings (SSSR count). The first-order valence-corrected chi connectivity index (χ1v) is 9.42. The number of hydrogen-bond acceptors (Lipinski definition) is 4. The van der Waals surface area contributed by atoms with Crippen LogP contribution >= 0.6 is 23.7 Å². The van der Waals surface area contributed by atoms with Crippen LogP contribution < -0.4 is 5.32 Å². The second kappa shape index (κ2) is 9.39. The van der Waals surface area contributed by atoms with Crippen LogP contribution in [-0.4, -0.2) is 60.4 Å². The Labute approximate surface area is 153 Å². The summed E-state index contributed by atoms with van der Waals surface area (Å²) < 4.78 is 0. The predicted molar refractivity (Wildman–Crippen MR) is 98.7 cm³/mol. The van der Waals surface area contributed by atoms with Crippen molar-refractivity contribution in [2.45, 2.75) is 38.1 Å². The normalized spacial score (nSPS) is 21.5. The minimum atomic E-state index is 0. The van der Waals surface area contributed by atoms with Gasteiger partial charge in [-0.25, -0.2) is 0 Å². The molecule has 24 heavy (non-hydrogen) atoms. The number of nitrogens with one attached hydrogen (secondary N) is 1. The Morgan fingerprint density at radius 2 is 2.25 bits per heavy atom. The first-order valence-electron chi connectivity index (χ1n) is 8.54. The van der Waals surface area contributed by atoms with Crippen molar-refractivity contribution in [3.05, 3.63) is 22.4 Å². The van der Waals surface area contributed by atoms with Crippen LogP contribution in [0.15, 0.2) is 17.5 Å². The second-order valence-electron chi connectivity index (χ2n) is 6.33. The SMILES string of the molecule is Cl.O=C(CCCc1cccs1)N1CCCC(N2CCNCC2=O)C1. The lowest BCUT2D eigenvalue weighted by Crippen LogP contribution is -2.57. The number of piperidine rings is 1. The van der Waals surface area contributed by atoms with E-state index in [4.69, 9.17) is 0 Å². The van der Waals surface area contributed by atoms with Crippen molar-refractivity contribution in [2.24, 2.45) is 0 Å². The van der Waals surface area contributed by atoms with Gasteiger partial charge in [-0.15, -0.1) is 23.7 Å². The Bertz CT molecular complexity index is 538. The predicted octanol–water partition coefficient (Wildman–Crippen LogP) is 1.92. The molecule has 0 saturated carbocycles. The summed E-state index contributed by atoms with van der Waals surface area (Å²) in [5.41, 5.74) is 0. The maximum atomic E-state index is 12.4. The first kappa shape index (κ1) is 19.2. The molecule has 1 aromatic rings. The molecule has 1 atom stereocenters. The topological polar surface area (TPSA) is 52.7 Å². The van der Waals surface area contributed by atoms with Crippen molar-refractivity contribution in [1.29, 1.82) is 0 Å². The van der Waals surface area contributed by atoms with Gasteiger partial charge in [-0.1, -0.05) is 6.07 Å². The largest absolute Gasteiger partial charge is 0.341 e. The molecule has 2 saturated heterocycles. The zero-order chi connectivity index (χ0) is 16.1. The van der Waals surface area contributed by atoms with Gasteiger partial charge in [-0.2, -0.15) is 0 Å². The van der Waals surface area contributed by atoms with E-state index in [-0.39, 0.29) is 30.3 Å². The lowest BCUT2D eigenvalue weighted by atomic mass is 10.0. The fourth-order valence-corrected chi connectivity index (χ4v) is 4.22. The molecule has 2 aliphatic rings. The van der Waals surface area contributed by atoms with Gasteiger partial charge in [0.1, 0.15) is 0 Å². The van der Waals surface area contributed by atoms with Crippen molar-refractivity contribution < 1.29 is 9.59 Å². The maximum Gasteiger partial charge on any atom is 0.236 e. The Morgan fingerprint density at radius 3 is 3.00 bits per heavy atom. The molecule has 7 heteroatoms. The first-order chi connectivity index (χ1) is 11.2. The molecule has 2 aliphatic heterocycles. The summed E-state index contributed by atoms with van der Waals surface area (Å²) in [6.45, 7) is 3.62. The van der Waals surface area contributed by atoms with E-state index >= 15 is 0 Å². The highest BCUT2D eigenvalue weighted by molar-refractivity contribution is 7.09. The minimum absolute atomic E-state index is 0. The van der Waals surface area contributed by atoms with E-state index < -0.39 is 0 Å². The van der Waals surface area contributed by atoms with Gasteiger partial charge in [0.15, 0.2) is 0 Å². The van der Waals surface area contributed by atoms with Gasteiger partial charge in [0.05, 0.1) is 6.54 Å². The summed E-state index contributed by atoms with van der Waals surface area (Å²) in [6.07, 6.45) is 4.52. The molecule has 0 aromatic carbocycles. The molecule has 0 aliphatic carbocycles. The zero-order valence-electron chi connectivity index (χ0n) is 13.9. The molecule has 0 radical (unpaired) electrons. The number of nitrogens with zero attached hydrogens (tertiary/aromatic N) is 2. The van der Waals surface area contributed by atoms with Gasteiger partial charge in [0, 0.05) is 43.5 Å². The molecular formula is C17H26ClN3O2S. The summed E-state index contributed by atoms with van der Waals surface area (Å²) in [5.74, 6) is 0.419. The molecule has 134 valence electrons. The summed E-state index contributed by atoms with van der Waals surface area (Å²) in [5, 5.41) is 5.19. The molecule has 0 bridgehead atoms. The van der Waals surface area contributed by atoms with Gasteiger partial charge in [-0.05, 0) is 37.1 Å². The van der Waals surface area contributed by atoms with Gasteiger partial charge < -0.3 is 15.1 Å². The van der Waals surface area contributed by atoms with Crippen LogP contribution in [0.2, 0.25) is 0 Å². The van der Waals surface area contributed by atoms with Crippen molar-refractivity contribution in [3.8, 4) is 0 Å². The van der Waals surface area contributed by atoms with E-state index in [1.807, 2.05) is 9.80 Å². The molecule has 1 unspecified atom stereocenters. The van der Waals surface area contributed by atoms with E-state index in [0.29, 0.717) is 19.5 Å². The molecule has 3 heterocycles. The van der Waals surface area contributed by atoms with Crippen LogP contribution in [0.3, 0.4) is 0 Å². The Balaban J connectivity index is 0.00000208. The number of rotatable bonds is 5. The third-order valence-electron chi connectivity index (χ3n) is 4.71. The summed E-state index contributed by atoms with van der Waals surface area (Å²) in [6, 6.07) is 4.39. The van der Waals surface area contributed by atoms with Crippen LogP contribution in [0.4, 0.5) is 0 Å². The monoisotopic (exact) mass is 371 g/mol. The van der Waals surface area contributed by atoms with Crippen LogP contribution in [0.5, 0.6) is 0 Å². The molecule has 1 N–H and O–H groups in total. The highest BCUT2D eigenvalue weighted by Crippen LogP contribution is 2.19. The fourth-order valence-electron chi connectivity index (χ4n) is 3.47. The summed E-state index contributed by atoms with van der Waals surface area (Å²) in [7, 11) is 0. The minimum Gasteiger partial charge on any atom is -0.341 e. The van der Waals surface area contributed by atoms with Gasteiger partial charge in [0.2, 0.25) is 11.8 Å². The summed E-state index contributed by atoms with van der Waals surface area (Å²) >= 11 is 1.75. The van der Waals surface area contributed by atoms with Crippen LogP contribution in [-0.2, 0) is 16.0 Å². The molecular weight excluding hydrogens is 346 g/mol. The quantitative estimate of drug-likeness (QED) is 0.860. The smallest absolute Gasteiger partial charge is 0.236 e. The number of halogens is 1. The van der Waals surface area contributed by atoms with Crippen LogP contribution in [0, 0.1) is 0 Å². The summed E-state index contributed by atoms with van der Waals surface area (Å²) in [4.78, 5) is 29.8. The van der Waals surface area contributed by atoms with Crippen molar-refractivity contribution in [1.82, 2.24) is 15.1 Å². The van der Waals surface area contributed by atoms with Gasteiger partial charge >= 0.3 is 0 Å². The average molecular weight is 372 g/mol. The van der Waals surface area contributed by atoms with E-state index in [1.165, 1.54) is 4.88 Å². The van der Waals surface area contributed by atoms with E-state index in [0.717, 1.165) is 45.3 Å². The highest BCUT2D eigenvalue weighted by Gasteiger charge is 2.31. The third-order valence-corrected chi connectivity index (χ3v) is 5.65. The molecule has 2 amide bonds. The van der Waals surface area contributed by atoms with Crippen molar-refractivity contribution in [3.63, 3.8) is 0 Å². The lowest BCUT2D eigenvalue weighted by molar-refractivity contribution is -0.140. The highest BCUT2D eigenvalue weighted by atomic mass is 35.5. The fraction of sp³-hybridized carbons (Fsp3) is 0.647. The number of amides is 2. The third kappa shape index (κ3) is 4.94. The number of aryl methyl sites for hydroxylation is 1. The van der Waals surface area contributed by atoms with Crippen LogP contribution in [0.1, 0.15) is 30.6 Å². The number of carbonyl (C=O) groups excluding carboxylic acids is 2. The zero-order valence-corrected chi connectivity index (χ0v) is 15.5. The van der Waals surface area contributed by atoms with Gasteiger partial charge in [0.25, 0.3) is 0 Å². The molecule has 0 spiro atoms. The van der Waals surface area contributed by atoms with E-state index in [1.54, 1.807) is 11.3 Å². The Morgan fingerprint density at radius 1 is 1.38 bits per heavy atom. The lowest BCUT2D eigenvalue weighted by Gasteiger charge is -2.41. The average Bonchev–Trinajstić information content (AvgIpc) is 3.09. The number of thiophene rings is 1. The van der Waals surface area contributed by atoms with E-state index in [9.17, 15) is 9.59 Å². The van der Waals surface area contributed by atoms with Gasteiger partial charge in [-0.3, -0.25) is 9.59 Å². The van der Waals surface area contributed by atoms with E-state index in [2.05, 4.69) is 22.8 Å². The number of likely N-dealkylation sites (tertiary alicyclic amines) is 1. The number of carbonyl (C=O) groups is 2. The second-order valence-corrected chi connectivity index (χ2v) is 7.36. The molecule has 1 aromatic heterocycles. The van der Waals surface area contributed by atoms with Crippen molar-refractivity contribution >= 4 is 35.6 Å². The standard InChI is InChI=1S/C17H25N3O2S.ClH/c21-16(7-1-5-15-6-3-11-23-15)19-9-2-4-14(13-19)20-10-8-18-12-17(20)22;/h3,6,11,14,18H,1-2,4-5,7-10,12-13H2;1H. The van der Waals surface area contributed by atoms with Crippen molar-refractivity contribution in [2.75, 3.05) is 32.7 Å². The molecule has 2 fully saturated rings. The van der Waals surface area contributed by atoms with Crippen LogP contribution in [0.25, 0.3) is 0 Å². The maximum absolute atomic E-state index is 12.4. The Hall–Kier alpha value is -1.11. The number of hydrogen-bond donors (Lipinski definition) is 1. The Kier molecular flexibility index (Phi) is 7.52. The number of piperazine rings is 1. The molecule has 5 nitrogen and oxygen atoms in total.